The van der Waals surface area contributed by atoms with Crippen molar-refractivity contribution in [2.45, 2.75) is 42.9 Å². The Balaban J connectivity index is 0.00000292. The van der Waals surface area contributed by atoms with Gasteiger partial charge >= 0.3 is 59.1 Å². The Morgan fingerprint density at radius 3 is 1.80 bits per heavy atom. The first-order valence-electron chi connectivity index (χ1n) is 15.2. The predicted molar refractivity (Wildman–Crippen MR) is 174 cm³/mol. The standard InChI is InChI=1S/C31H36N4O12S2.2Na/c1-16-8-22-28(45-46-47-48)32-20-12-26(24(41-3)10-18(20)30(36)34(22)14-16)43-6-5-7-44-27-13-21-19(11-25(27)42-4)31(37)35-15-17(2)9-23(35)29(33-21)49(38,39)40;;/h10-13,22-23,28-29,32-33,48H,1-2,5-9,14-15H2,3-4H3,(H,38,39,40);;/q;2*+1/p-2/t22-,23-,28?,29?;;/m0../s1. The molecular weight excluding hydrogens is 730 g/mol. The fraction of sp³-hybridized carbons (Fsp3) is 0.419. The maximum Gasteiger partial charge on any atom is 1.00 e. The molecule has 4 heterocycles. The van der Waals surface area contributed by atoms with Gasteiger partial charge in [0.2, 0.25) is 0 Å². The van der Waals surface area contributed by atoms with Crippen molar-refractivity contribution in [3.05, 3.63) is 59.7 Å². The van der Waals surface area contributed by atoms with E-state index >= 15 is 0 Å². The van der Waals surface area contributed by atoms with Crippen molar-refractivity contribution in [1.82, 2.24) is 9.80 Å². The molecule has 0 radical (unpaired) electrons. The molecule has 0 spiro atoms. The van der Waals surface area contributed by atoms with Crippen molar-refractivity contribution in [3.63, 3.8) is 0 Å². The van der Waals surface area contributed by atoms with Gasteiger partial charge in [0.05, 0.1) is 62.0 Å². The number of benzene rings is 2. The summed E-state index contributed by atoms with van der Waals surface area (Å²) in [7, 11) is -1.98. The van der Waals surface area contributed by atoms with Gasteiger partial charge in [0.25, 0.3) is 11.8 Å². The van der Waals surface area contributed by atoms with E-state index < -0.39 is 39.7 Å². The Labute approximate surface area is 344 Å². The number of hydrogen-bond donors (Lipinski definition) is 2. The molecule has 20 heteroatoms. The maximum absolute atomic E-state index is 13.5. The van der Waals surface area contributed by atoms with Crippen LogP contribution >= 0.6 is 0 Å². The third-order valence-corrected chi connectivity index (χ3v) is 9.86. The van der Waals surface area contributed by atoms with Gasteiger partial charge in [-0.1, -0.05) is 29.3 Å². The smallest absolute Gasteiger partial charge is 0.746 e. The molecule has 2 fully saturated rings. The summed E-state index contributed by atoms with van der Waals surface area (Å²) >= 11 is 4.36. The molecule has 2 amide bonds. The summed E-state index contributed by atoms with van der Waals surface area (Å²) < 4.78 is 63.9. The fourth-order valence-corrected chi connectivity index (χ4v) is 7.47. The Hall–Kier alpha value is -2.20. The van der Waals surface area contributed by atoms with Crippen LogP contribution in [0.2, 0.25) is 0 Å². The van der Waals surface area contributed by atoms with Crippen molar-refractivity contribution in [2.24, 2.45) is 0 Å². The summed E-state index contributed by atoms with van der Waals surface area (Å²) in [6, 6.07) is 4.76. The van der Waals surface area contributed by atoms with Crippen molar-refractivity contribution in [2.75, 3.05) is 51.2 Å². The number of rotatable bonds is 12. The van der Waals surface area contributed by atoms with Crippen molar-refractivity contribution in [3.8, 4) is 23.0 Å². The van der Waals surface area contributed by atoms with E-state index in [1.165, 1.54) is 31.3 Å². The van der Waals surface area contributed by atoms with Crippen molar-refractivity contribution in [1.29, 1.82) is 0 Å². The second-order valence-corrected chi connectivity index (χ2v) is 13.5. The number of nitrogens with zero attached hydrogens (tertiary/aromatic N) is 2. The predicted octanol–water partition coefficient (Wildman–Crippen LogP) is -3.51. The number of amides is 2. The summed E-state index contributed by atoms with van der Waals surface area (Å²) in [5, 5.41) is 8.91. The molecule has 264 valence electrons. The summed E-state index contributed by atoms with van der Waals surface area (Å²) in [6.07, 6.45) is 0.196. The zero-order valence-corrected chi connectivity index (χ0v) is 34.2. The number of methoxy groups -OCH3 is 2. The number of carbonyl (C=O) groups excluding carboxylic acids is 2. The quantitative estimate of drug-likeness (QED) is 0.0412. The van der Waals surface area contributed by atoms with Crippen LogP contribution in [0.5, 0.6) is 23.0 Å². The summed E-state index contributed by atoms with van der Waals surface area (Å²) in [4.78, 5) is 35.2. The van der Waals surface area contributed by atoms with Crippen LogP contribution in [0.25, 0.3) is 0 Å². The van der Waals surface area contributed by atoms with E-state index in [-0.39, 0.29) is 114 Å². The summed E-state index contributed by atoms with van der Waals surface area (Å²) in [5.74, 6) is 0.411. The largest absolute Gasteiger partial charge is 1.00 e. The molecule has 2 aromatic rings. The number of nitrogens with one attached hydrogen (secondary N) is 2. The molecule has 16 nitrogen and oxygen atoms in total. The first-order valence-corrected chi connectivity index (χ1v) is 17.0. The van der Waals surface area contributed by atoms with E-state index in [9.17, 15) is 22.6 Å². The Kier molecular flexibility index (Phi) is 14.1. The SMILES string of the molecule is C=C1C[C@H]2C(OOO[S-])Nc3cc(OCCCOc4cc5c(cc4OC)C(=O)N4CC(=C)C[C@H]4C(S(=O)(=O)[O-])N5)c(OC)cc3C(=O)N2C1.[Na+].[Na+]. The van der Waals surface area contributed by atoms with Gasteiger partial charge in [-0.05, 0) is 25.0 Å². The van der Waals surface area contributed by atoms with Gasteiger partial charge in [-0.25, -0.2) is 8.42 Å². The average molecular weight is 765 g/mol. The number of hydrogen-bond acceptors (Lipinski definition) is 15. The van der Waals surface area contributed by atoms with Gasteiger partial charge in [0.1, 0.15) is 15.5 Å². The number of ether oxygens (including phenoxy) is 4. The van der Waals surface area contributed by atoms with Gasteiger partial charge in [-0.3, -0.25) is 9.59 Å². The molecule has 2 aromatic carbocycles. The minimum atomic E-state index is -4.85. The van der Waals surface area contributed by atoms with E-state index in [0.29, 0.717) is 47.7 Å². The molecule has 0 aliphatic carbocycles. The molecule has 6 rings (SSSR count). The van der Waals surface area contributed by atoms with Crippen LogP contribution in [-0.4, -0.2) is 98.8 Å². The van der Waals surface area contributed by atoms with E-state index in [4.69, 9.17) is 23.8 Å². The van der Waals surface area contributed by atoms with Gasteiger partial charge in [-0.2, -0.15) is 4.89 Å². The van der Waals surface area contributed by atoms with Crippen LogP contribution in [0.1, 0.15) is 40.0 Å². The molecule has 0 saturated carbocycles. The van der Waals surface area contributed by atoms with Crippen molar-refractivity contribution >= 4 is 46.2 Å². The minimum Gasteiger partial charge on any atom is -0.746 e. The van der Waals surface area contributed by atoms with E-state index in [1.54, 1.807) is 17.0 Å². The number of carbonyl (C=O) groups is 2. The summed E-state index contributed by atoms with van der Waals surface area (Å²) in [6.45, 7) is 8.64. The molecule has 0 bridgehead atoms. The van der Waals surface area contributed by atoms with Crippen molar-refractivity contribution < 1.29 is 115 Å². The number of fused-ring (bicyclic) bond motifs is 4. The second kappa shape index (κ2) is 17.3. The van der Waals surface area contributed by atoms with Crippen LogP contribution in [0.15, 0.2) is 48.6 Å². The van der Waals surface area contributed by atoms with Gasteiger partial charge in [-0.15, -0.1) is 0 Å². The second-order valence-electron chi connectivity index (χ2n) is 11.9. The zero-order chi connectivity index (χ0) is 35.0. The maximum atomic E-state index is 13.5. The average Bonchev–Trinajstić information content (AvgIpc) is 3.60. The van der Waals surface area contributed by atoms with Crippen LogP contribution in [0.3, 0.4) is 0 Å². The van der Waals surface area contributed by atoms with Crippen LogP contribution in [0.4, 0.5) is 11.4 Å². The van der Waals surface area contributed by atoms with E-state index in [0.717, 1.165) is 5.57 Å². The molecule has 4 atom stereocenters. The van der Waals surface area contributed by atoms with E-state index in [2.05, 4.69) is 46.1 Å². The Morgan fingerprint density at radius 1 is 0.824 bits per heavy atom. The van der Waals surface area contributed by atoms with Crippen LogP contribution < -0.4 is 88.7 Å². The first kappa shape index (κ1) is 41.6. The van der Waals surface area contributed by atoms with Gasteiger partial charge in [0.15, 0.2) is 29.2 Å². The minimum absolute atomic E-state index is 0. The molecule has 0 aromatic heterocycles. The third kappa shape index (κ3) is 8.63. The molecule has 4 aliphatic rings. The summed E-state index contributed by atoms with van der Waals surface area (Å²) in [5.41, 5.74) is 2.52. The third-order valence-electron chi connectivity index (χ3n) is 8.75. The topological polar surface area (TPSA) is 186 Å². The molecule has 2 N–H and O–H groups in total. The zero-order valence-electron chi connectivity index (χ0n) is 28.6. The van der Waals surface area contributed by atoms with Gasteiger partial charge < -0.3 is 61.2 Å². The molecule has 2 unspecified atom stereocenters. The first-order chi connectivity index (χ1) is 23.4. The normalized spacial score (nSPS) is 22.1. The molecule has 4 aliphatic heterocycles. The van der Waals surface area contributed by atoms with Crippen LogP contribution in [-0.2, 0) is 37.3 Å². The van der Waals surface area contributed by atoms with E-state index in [1.807, 2.05) is 0 Å². The van der Waals surface area contributed by atoms with Crippen LogP contribution in [0, 0.1) is 0 Å². The number of anilines is 2. The molecular formula is C31H34N4Na2O12S2. The Bertz CT molecular complexity index is 1800. The molecule has 2 saturated heterocycles. The fourth-order valence-electron chi connectivity index (χ4n) is 6.54. The van der Waals surface area contributed by atoms with Gasteiger partial charge in [0, 0.05) is 31.6 Å². The molecule has 51 heavy (non-hydrogen) atoms. The Morgan fingerprint density at radius 2 is 1.31 bits per heavy atom. The monoisotopic (exact) mass is 764 g/mol.